The van der Waals surface area contributed by atoms with Crippen LogP contribution in [0.4, 0.5) is 0 Å². The number of ether oxygens (including phenoxy) is 3. The van der Waals surface area contributed by atoms with Gasteiger partial charge in [-0.2, -0.15) is 0 Å². The van der Waals surface area contributed by atoms with E-state index in [-0.39, 0.29) is 37.5 Å². The van der Waals surface area contributed by atoms with Crippen LogP contribution in [-0.4, -0.2) is 37.2 Å². The summed E-state index contributed by atoms with van der Waals surface area (Å²) < 4.78 is 16.8. The Hall–Kier alpha value is -4.19. The standard InChI is InChI=1S/C64H104O6/c1-4-7-10-13-16-19-22-25-28-30-32-34-36-39-42-45-48-51-54-57-63(66)69-60-61(59-68-62(65)56-53-50-47-44-41-38-35-27-24-21-18-15-12-9-6-3)70-64(67)58-55-52-49-46-43-40-37-33-31-29-26-23-20-17-14-11-8-5-2/h9,11-12,14-15,17-18,20-21,23-24,26-27,29-33,35,37,61H,4-8,10,13,16,19,22,25,28,34,36,38-60H2,1-3H3/b12-9-,14-11-,18-15-,20-17-,24-21-,26-23-,31-29-,32-30-,35-27-,37-33-. The monoisotopic (exact) mass is 969 g/mol. The third-order valence-electron chi connectivity index (χ3n) is 11.9. The molecule has 70 heavy (non-hydrogen) atoms. The second-order valence-corrected chi connectivity index (χ2v) is 18.7. The van der Waals surface area contributed by atoms with Crippen LogP contribution in [0.3, 0.4) is 0 Å². The maximum absolute atomic E-state index is 12.9. The molecule has 0 bridgehead atoms. The molecule has 1 atom stereocenters. The Labute approximate surface area is 431 Å². The van der Waals surface area contributed by atoms with Gasteiger partial charge in [-0.25, -0.2) is 0 Å². The molecule has 6 heteroatoms. The number of esters is 3. The van der Waals surface area contributed by atoms with Gasteiger partial charge < -0.3 is 14.2 Å². The molecule has 0 aliphatic heterocycles. The fraction of sp³-hybridized carbons (Fsp3) is 0.641. The zero-order chi connectivity index (χ0) is 50.7. The van der Waals surface area contributed by atoms with Gasteiger partial charge in [-0.1, -0.05) is 264 Å². The molecule has 0 aromatic carbocycles. The molecular formula is C64H104O6. The summed E-state index contributed by atoms with van der Waals surface area (Å²) in [5.74, 6) is -0.956. The summed E-state index contributed by atoms with van der Waals surface area (Å²) in [7, 11) is 0. The molecule has 0 spiro atoms. The predicted molar refractivity (Wildman–Crippen MR) is 302 cm³/mol. The van der Waals surface area contributed by atoms with E-state index in [0.29, 0.717) is 12.8 Å². The van der Waals surface area contributed by atoms with E-state index in [1.54, 1.807) is 0 Å². The van der Waals surface area contributed by atoms with Gasteiger partial charge in [0.25, 0.3) is 0 Å². The highest BCUT2D eigenvalue weighted by atomic mass is 16.6. The number of hydrogen-bond donors (Lipinski definition) is 0. The second-order valence-electron chi connectivity index (χ2n) is 18.7. The number of rotatable bonds is 50. The highest BCUT2D eigenvalue weighted by molar-refractivity contribution is 5.71. The number of carbonyl (C=O) groups excluding carboxylic acids is 3. The van der Waals surface area contributed by atoms with Gasteiger partial charge in [0.15, 0.2) is 6.10 Å². The van der Waals surface area contributed by atoms with Gasteiger partial charge >= 0.3 is 17.9 Å². The number of allylic oxidation sites excluding steroid dienone is 20. The summed E-state index contributed by atoms with van der Waals surface area (Å²) in [6.07, 6.45) is 78.9. The van der Waals surface area contributed by atoms with Crippen molar-refractivity contribution in [1.29, 1.82) is 0 Å². The minimum atomic E-state index is -0.808. The molecule has 0 aliphatic carbocycles. The van der Waals surface area contributed by atoms with E-state index in [2.05, 4.69) is 99.8 Å². The first kappa shape index (κ1) is 65.8. The Morgan fingerprint density at radius 2 is 0.600 bits per heavy atom. The molecule has 1 unspecified atom stereocenters. The lowest BCUT2D eigenvalue weighted by molar-refractivity contribution is -0.167. The van der Waals surface area contributed by atoms with Crippen LogP contribution < -0.4 is 0 Å². The van der Waals surface area contributed by atoms with Crippen molar-refractivity contribution >= 4 is 17.9 Å². The average Bonchev–Trinajstić information content (AvgIpc) is 3.36. The maximum atomic E-state index is 12.9. The molecule has 0 aromatic rings. The zero-order valence-electron chi connectivity index (χ0n) is 45.2. The normalized spacial score (nSPS) is 13.0. The van der Waals surface area contributed by atoms with Gasteiger partial charge in [0.1, 0.15) is 13.2 Å². The van der Waals surface area contributed by atoms with Crippen molar-refractivity contribution in [2.24, 2.45) is 0 Å². The van der Waals surface area contributed by atoms with Crippen LogP contribution in [0.2, 0.25) is 0 Å². The molecular weight excluding hydrogens is 865 g/mol. The first-order valence-electron chi connectivity index (χ1n) is 28.7. The van der Waals surface area contributed by atoms with Crippen LogP contribution >= 0.6 is 0 Å². The van der Waals surface area contributed by atoms with Crippen molar-refractivity contribution in [3.8, 4) is 0 Å². The van der Waals surface area contributed by atoms with E-state index in [1.165, 1.54) is 96.3 Å². The van der Waals surface area contributed by atoms with E-state index in [0.717, 1.165) is 109 Å². The lowest BCUT2D eigenvalue weighted by Gasteiger charge is -2.18. The minimum Gasteiger partial charge on any atom is -0.462 e. The molecule has 396 valence electrons. The van der Waals surface area contributed by atoms with Gasteiger partial charge in [-0.15, -0.1) is 0 Å². The SMILES string of the molecule is CC\C=C/C=C\C=C/C=C\CCCCCCCC(=O)OCC(COC(=O)CCCCCCCCC/C=C\CCCCCCCCCC)OC(=O)CCCCCCC\C=C/C=C\C=C/C=C\C=C/CCC. The quantitative estimate of drug-likeness (QED) is 0.0199. The van der Waals surface area contributed by atoms with Crippen LogP contribution in [-0.2, 0) is 28.6 Å². The Morgan fingerprint density at radius 3 is 0.971 bits per heavy atom. The summed E-state index contributed by atoms with van der Waals surface area (Å²) in [5.41, 5.74) is 0. The first-order valence-corrected chi connectivity index (χ1v) is 28.7. The number of hydrogen-bond acceptors (Lipinski definition) is 6. The van der Waals surface area contributed by atoms with Crippen molar-refractivity contribution < 1.29 is 28.6 Å². The molecule has 0 aliphatic rings. The van der Waals surface area contributed by atoms with Gasteiger partial charge in [-0.3, -0.25) is 14.4 Å². The fourth-order valence-corrected chi connectivity index (χ4v) is 7.60. The van der Waals surface area contributed by atoms with Gasteiger partial charge in [0.2, 0.25) is 0 Å². The van der Waals surface area contributed by atoms with Crippen LogP contribution in [0, 0.1) is 0 Å². The third kappa shape index (κ3) is 54.7. The van der Waals surface area contributed by atoms with Crippen LogP contribution in [0.1, 0.15) is 245 Å². The summed E-state index contributed by atoms with van der Waals surface area (Å²) in [5, 5.41) is 0. The van der Waals surface area contributed by atoms with E-state index in [9.17, 15) is 14.4 Å². The summed E-state index contributed by atoms with van der Waals surface area (Å²) in [4.78, 5) is 38.2. The number of carbonyl (C=O) groups is 3. The Morgan fingerprint density at radius 1 is 0.300 bits per heavy atom. The minimum absolute atomic E-state index is 0.102. The third-order valence-corrected chi connectivity index (χ3v) is 11.9. The summed E-state index contributed by atoms with van der Waals surface area (Å²) in [6.45, 7) is 6.37. The lowest BCUT2D eigenvalue weighted by Crippen LogP contribution is -2.30. The highest BCUT2D eigenvalue weighted by Gasteiger charge is 2.19. The average molecular weight is 970 g/mol. The van der Waals surface area contributed by atoms with E-state index < -0.39 is 6.10 Å². The topological polar surface area (TPSA) is 78.9 Å². The van der Waals surface area contributed by atoms with Crippen molar-refractivity contribution in [3.63, 3.8) is 0 Å². The highest BCUT2D eigenvalue weighted by Crippen LogP contribution is 2.14. The van der Waals surface area contributed by atoms with Crippen molar-refractivity contribution in [2.45, 2.75) is 252 Å². The van der Waals surface area contributed by atoms with Crippen molar-refractivity contribution in [1.82, 2.24) is 0 Å². The molecule has 0 amide bonds. The molecule has 0 N–H and O–H groups in total. The van der Waals surface area contributed by atoms with E-state index >= 15 is 0 Å². The first-order chi connectivity index (χ1) is 34.5. The molecule has 0 saturated heterocycles. The van der Waals surface area contributed by atoms with Crippen LogP contribution in [0.25, 0.3) is 0 Å². The molecule has 0 rings (SSSR count). The Bertz CT molecular complexity index is 1490. The molecule has 0 fully saturated rings. The lowest BCUT2D eigenvalue weighted by atomic mass is 10.1. The molecule has 0 aromatic heterocycles. The van der Waals surface area contributed by atoms with E-state index in [4.69, 9.17) is 14.2 Å². The van der Waals surface area contributed by atoms with Gasteiger partial charge in [0.05, 0.1) is 0 Å². The van der Waals surface area contributed by atoms with Crippen LogP contribution in [0.5, 0.6) is 0 Å². The van der Waals surface area contributed by atoms with Crippen molar-refractivity contribution in [3.05, 3.63) is 122 Å². The van der Waals surface area contributed by atoms with E-state index in [1.807, 2.05) is 42.5 Å². The van der Waals surface area contributed by atoms with Gasteiger partial charge in [0, 0.05) is 19.3 Å². The molecule has 6 nitrogen and oxygen atoms in total. The van der Waals surface area contributed by atoms with Crippen LogP contribution in [0.15, 0.2) is 122 Å². The number of unbranched alkanes of at least 4 members (excludes halogenated alkanes) is 26. The summed E-state index contributed by atoms with van der Waals surface area (Å²) >= 11 is 0. The fourth-order valence-electron chi connectivity index (χ4n) is 7.60. The largest absolute Gasteiger partial charge is 0.462 e. The predicted octanol–water partition coefficient (Wildman–Crippen LogP) is 19.3. The summed E-state index contributed by atoms with van der Waals surface area (Å²) in [6, 6.07) is 0. The Kier molecular flexibility index (Phi) is 54.0. The molecule has 0 radical (unpaired) electrons. The molecule has 0 saturated carbocycles. The molecule has 0 heterocycles. The van der Waals surface area contributed by atoms with Gasteiger partial charge in [-0.05, 0) is 83.5 Å². The second kappa shape index (κ2) is 57.4. The zero-order valence-corrected chi connectivity index (χ0v) is 45.2. The maximum Gasteiger partial charge on any atom is 0.306 e. The smallest absolute Gasteiger partial charge is 0.306 e. The Balaban J connectivity index is 4.49. The van der Waals surface area contributed by atoms with Crippen molar-refractivity contribution in [2.75, 3.05) is 13.2 Å².